The molecule has 0 fully saturated rings. The fourth-order valence-corrected chi connectivity index (χ4v) is 1.95. The van der Waals surface area contributed by atoms with E-state index in [1.165, 1.54) is 0 Å². The van der Waals surface area contributed by atoms with E-state index in [-0.39, 0.29) is 5.82 Å². The lowest BCUT2D eigenvalue weighted by Gasteiger charge is -2.04. The molecule has 0 radical (unpaired) electrons. The van der Waals surface area contributed by atoms with Gasteiger partial charge in [0.1, 0.15) is 6.33 Å². The van der Waals surface area contributed by atoms with Crippen molar-refractivity contribution in [2.45, 2.75) is 0 Å². The predicted octanol–water partition coefficient (Wildman–Crippen LogP) is 3.52. The summed E-state index contributed by atoms with van der Waals surface area (Å²) in [6.45, 7) is 0. The lowest BCUT2D eigenvalue weighted by molar-refractivity contribution is 0.377. The van der Waals surface area contributed by atoms with Gasteiger partial charge in [-0.1, -0.05) is 30.3 Å². The average Bonchev–Trinajstić information content (AvgIpc) is 3.07. The number of hydrogen-bond acceptors (Lipinski definition) is 3. The van der Waals surface area contributed by atoms with Gasteiger partial charge in [-0.3, -0.25) is 0 Å². The van der Waals surface area contributed by atoms with Gasteiger partial charge in [0.25, 0.3) is 0 Å². The van der Waals surface area contributed by atoms with Crippen LogP contribution < -0.4 is 0 Å². The number of hydrogen-bond donors (Lipinski definition) is 0. The minimum atomic E-state index is -2.23. The summed E-state index contributed by atoms with van der Waals surface area (Å²) in [4.78, 5) is 0. The van der Waals surface area contributed by atoms with E-state index in [0.29, 0.717) is 11.8 Å². The van der Waals surface area contributed by atoms with Crippen LogP contribution in [0.4, 0.5) is 22.0 Å². The first-order valence-electron chi connectivity index (χ1n) is 6.52. The van der Waals surface area contributed by atoms with Crippen molar-refractivity contribution in [2.75, 3.05) is 0 Å². The molecule has 0 saturated heterocycles. The van der Waals surface area contributed by atoms with Crippen molar-refractivity contribution < 1.29 is 22.0 Å². The van der Waals surface area contributed by atoms with Crippen molar-refractivity contribution >= 4 is 6.21 Å². The van der Waals surface area contributed by atoms with Gasteiger partial charge in [-0.05, 0) is 0 Å². The summed E-state index contributed by atoms with van der Waals surface area (Å²) in [6, 6.07) is 8.59. The number of benzene rings is 2. The standard InChI is InChI=1S/C15H7F5N4/c16-10-9(11(17)13(19)14(20)12(10)18)6-22-24-7-21-23-15(24)8-4-2-1-3-5-8/h1-7H/b22-6-. The molecule has 3 aromatic rings. The van der Waals surface area contributed by atoms with Gasteiger partial charge in [-0.2, -0.15) is 9.78 Å². The number of aromatic nitrogens is 3. The maximum atomic E-state index is 13.6. The van der Waals surface area contributed by atoms with Gasteiger partial charge in [0.05, 0.1) is 11.8 Å². The highest BCUT2D eigenvalue weighted by molar-refractivity contribution is 5.80. The van der Waals surface area contributed by atoms with Gasteiger partial charge in [0.15, 0.2) is 29.1 Å². The summed E-state index contributed by atoms with van der Waals surface area (Å²) in [6.07, 6.45) is 1.65. The molecule has 1 heterocycles. The number of halogens is 5. The van der Waals surface area contributed by atoms with Gasteiger partial charge in [-0.25, -0.2) is 22.0 Å². The van der Waals surface area contributed by atoms with Crippen molar-refractivity contribution in [3.05, 3.63) is 71.3 Å². The van der Waals surface area contributed by atoms with Crippen LogP contribution in [0.15, 0.2) is 41.8 Å². The molecule has 0 aliphatic carbocycles. The van der Waals surface area contributed by atoms with Crippen molar-refractivity contribution in [1.29, 1.82) is 0 Å². The molecule has 2 aromatic carbocycles. The molecule has 24 heavy (non-hydrogen) atoms. The minimum Gasteiger partial charge on any atom is -0.203 e. The van der Waals surface area contributed by atoms with Gasteiger partial charge < -0.3 is 0 Å². The van der Waals surface area contributed by atoms with Crippen molar-refractivity contribution in [1.82, 2.24) is 14.9 Å². The fourth-order valence-electron chi connectivity index (χ4n) is 1.95. The first-order chi connectivity index (χ1) is 11.5. The lowest BCUT2D eigenvalue weighted by atomic mass is 10.2. The second-order valence-electron chi connectivity index (χ2n) is 4.59. The zero-order chi connectivity index (χ0) is 17.3. The number of nitrogens with zero attached hydrogens (tertiary/aromatic N) is 4. The maximum Gasteiger partial charge on any atom is 0.200 e. The van der Waals surface area contributed by atoms with Gasteiger partial charge in [0, 0.05) is 5.56 Å². The van der Waals surface area contributed by atoms with Crippen molar-refractivity contribution in [2.24, 2.45) is 5.10 Å². The minimum absolute atomic E-state index is 0.232. The molecule has 0 N–H and O–H groups in total. The first kappa shape index (κ1) is 15.8. The second-order valence-corrected chi connectivity index (χ2v) is 4.59. The molecule has 0 amide bonds. The third kappa shape index (κ3) is 2.64. The average molecular weight is 338 g/mol. The highest BCUT2D eigenvalue weighted by atomic mass is 19.2. The monoisotopic (exact) mass is 338 g/mol. The molecule has 3 rings (SSSR count). The Kier molecular flexibility index (Phi) is 4.07. The Bertz CT molecular complexity index is 892. The Balaban J connectivity index is 2.04. The molecular formula is C15H7F5N4. The molecule has 4 nitrogen and oxygen atoms in total. The molecule has 9 heteroatoms. The Morgan fingerprint density at radius 1 is 0.833 bits per heavy atom. The quantitative estimate of drug-likeness (QED) is 0.317. The SMILES string of the molecule is Fc1c(F)c(F)c(/C=N\n2cnnc2-c2ccccc2)c(F)c1F. The Morgan fingerprint density at radius 3 is 2.04 bits per heavy atom. The van der Waals surface area contributed by atoms with E-state index >= 15 is 0 Å². The molecule has 0 bridgehead atoms. The summed E-state index contributed by atoms with van der Waals surface area (Å²) >= 11 is 0. The van der Waals surface area contributed by atoms with E-state index in [0.717, 1.165) is 11.0 Å². The normalized spacial score (nSPS) is 11.4. The first-order valence-corrected chi connectivity index (χ1v) is 6.52. The van der Waals surface area contributed by atoms with E-state index < -0.39 is 34.6 Å². The van der Waals surface area contributed by atoms with Crippen LogP contribution in [0.25, 0.3) is 11.4 Å². The largest absolute Gasteiger partial charge is 0.203 e. The van der Waals surface area contributed by atoms with Crippen LogP contribution >= 0.6 is 0 Å². The molecule has 0 spiro atoms. The van der Waals surface area contributed by atoms with Crippen molar-refractivity contribution in [3.63, 3.8) is 0 Å². The maximum absolute atomic E-state index is 13.6. The smallest absolute Gasteiger partial charge is 0.200 e. The van der Waals surface area contributed by atoms with E-state index in [1.54, 1.807) is 30.3 Å². The summed E-state index contributed by atoms with van der Waals surface area (Å²) in [5.41, 5.74) is -0.552. The van der Waals surface area contributed by atoms with Crippen LogP contribution in [0, 0.1) is 29.1 Å². The zero-order valence-electron chi connectivity index (χ0n) is 11.7. The van der Waals surface area contributed by atoms with Crippen LogP contribution in [-0.4, -0.2) is 21.1 Å². The van der Waals surface area contributed by atoms with Crippen LogP contribution in [0.2, 0.25) is 0 Å². The van der Waals surface area contributed by atoms with Crippen LogP contribution in [-0.2, 0) is 0 Å². The third-order valence-electron chi connectivity index (χ3n) is 3.12. The Morgan fingerprint density at radius 2 is 1.42 bits per heavy atom. The fraction of sp³-hybridized carbons (Fsp3) is 0. The lowest BCUT2D eigenvalue weighted by Crippen LogP contribution is -2.07. The van der Waals surface area contributed by atoms with Crippen LogP contribution in [0.5, 0.6) is 0 Å². The third-order valence-corrected chi connectivity index (χ3v) is 3.12. The summed E-state index contributed by atoms with van der Waals surface area (Å²) in [7, 11) is 0. The molecule has 0 unspecified atom stereocenters. The van der Waals surface area contributed by atoms with Gasteiger partial charge >= 0.3 is 0 Å². The summed E-state index contributed by atoms with van der Waals surface area (Å²) in [5.74, 6) is -10.0. The van der Waals surface area contributed by atoms with Crippen LogP contribution in [0.3, 0.4) is 0 Å². The molecule has 0 atom stereocenters. The highest BCUT2D eigenvalue weighted by Crippen LogP contribution is 2.22. The van der Waals surface area contributed by atoms with E-state index in [2.05, 4.69) is 15.3 Å². The Labute approximate surface area is 131 Å². The topological polar surface area (TPSA) is 43.1 Å². The molecule has 122 valence electrons. The summed E-state index contributed by atoms with van der Waals surface area (Å²) in [5, 5.41) is 11.1. The van der Waals surface area contributed by atoms with Crippen LogP contribution in [0.1, 0.15) is 5.56 Å². The van der Waals surface area contributed by atoms with Crippen molar-refractivity contribution in [3.8, 4) is 11.4 Å². The zero-order valence-corrected chi connectivity index (χ0v) is 11.7. The molecule has 1 aromatic heterocycles. The number of rotatable bonds is 3. The molecule has 0 aliphatic heterocycles. The van der Waals surface area contributed by atoms with E-state index in [4.69, 9.17) is 0 Å². The molecule has 0 saturated carbocycles. The summed E-state index contributed by atoms with van der Waals surface area (Å²) < 4.78 is 67.6. The van der Waals surface area contributed by atoms with E-state index in [9.17, 15) is 22.0 Å². The second kappa shape index (κ2) is 6.19. The van der Waals surface area contributed by atoms with Gasteiger partial charge in [0.2, 0.25) is 5.82 Å². The van der Waals surface area contributed by atoms with Gasteiger partial charge in [-0.15, -0.1) is 10.2 Å². The Hall–Kier alpha value is -3.10. The molecule has 0 aliphatic rings. The van der Waals surface area contributed by atoms with E-state index in [1.807, 2.05) is 0 Å². The predicted molar refractivity (Wildman–Crippen MR) is 74.7 cm³/mol. The molecular weight excluding hydrogens is 331 g/mol. The highest BCUT2D eigenvalue weighted by Gasteiger charge is 2.24.